The zero-order valence-corrected chi connectivity index (χ0v) is 11.6. The van der Waals surface area contributed by atoms with Gasteiger partial charge in [-0.15, -0.1) is 0 Å². The summed E-state index contributed by atoms with van der Waals surface area (Å²) in [6.07, 6.45) is 0. The Morgan fingerprint density at radius 2 is 2.00 bits per heavy atom. The number of anilines is 1. The van der Waals surface area contributed by atoms with Crippen LogP contribution in [0.2, 0.25) is 0 Å². The molecule has 106 valence electrons. The normalized spacial score (nSPS) is 12.3. The Hall–Kier alpha value is -2.05. The van der Waals surface area contributed by atoms with Gasteiger partial charge in [-0.1, -0.05) is 13.8 Å². The topological polar surface area (TPSA) is 107 Å². The van der Waals surface area contributed by atoms with Crippen LogP contribution < -0.4 is 10.6 Å². The number of carbonyl (C=O) groups excluding carboxylic acids is 1. The van der Waals surface area contributed by atoms with Gasteiger partial charge >= 0.3 is 12.0 Å². The quantitative estimate of drug-likeness (QED) is 0.649. The molecule has 1 aromatic rings. The number of rotatable bonds is 5. The lowest BCUT2D eigenvalue weighted by molar-refractivity contribution is -0.142. The Morgan fingerprint density at radius 3 is 2.42 bits per heavy atom. The van der Waals surface area contributed by atoms with E-state index < -0.39 is 17.9 Å². The summed E-state index contributed by atoms with van der Waals surface area (Å²) in [6, 6.07) is -0.431. The number of aliphatic carboxylic acids is 1. The minimum Gasteiger partial charge on any atom is -0.481 e. The number of amides is 2. The molecule has 0 fully saturated rings. The Balaban J connectivity index is 2.55. The van der Waals surface area contributed by atoms with Crippen molar-refractivity contribution in [1.29, 1.82) is 0 Å². The fourth-order valence-electron chi connectivity index (χ4n) is 1.70. The van der Waals surface area contributed by atoms with E-state index in [9.17, 15) is 9.59 Å². The third-order valence-corrected chi connectivity index (χ3v) is 2.97. The second-order valence-corrected chi connectivity index (χ2v) is 4.83. The maximum atomic E-state index is 11.7. The van der Waals surface area contributed by atoms with Crippen molar-refractivity contribution < 1.29 is 14.7 Å². The molecule has 0 radical (unpaired) electrons. The molecular weight excluding hydrogens is 248 g/mol. The average molecular weight is 268 g/mol. The summed E-state index contributed by atoms with van der Waals surface area (Å²) in [5.41, 5.74) is 2.06. The van der Waals surface area contributed by atoms with Crippen LogP contribution in [0.4, 0.5) is 10.5 Å². The van der Waals surface area contributed by atoms with Gasteiger partial charge in [0.2, 0.25) is 0 Å². The molecule has 0 aliphatic carbocycles. The van der Waals surface area contributed by atoms with Gasteiger partial charge in [0.1, 0.15) is 0 Å². The monoisotopic (exact) mass is 268 g/mol. The molecule has 1 unspecified atom stereocenters. The zero-order chi connectivity index (χ0) is 14.6. The van der Waals surface area contributed by atoms with Gasteiger partial charge in [-0.3, -0.25) is 9.89 Å². The fraction of sp³-hybridized carbons (Fsp3) is 0.583. The van der Waals surface area contributed by atoms with Crippen molar-refractivity contribution in [3.8, 4) is 0 Å². The molecule has 0 saturated heterocycles. The van der Waals surface area contributed by atoms with Crippen LogP contribution in [0, 0.1) is 25.7 Å². The summed E-state index contributed by atoms with van der Waals surface area (Å²) in [5.74, 6) is -1.56. The van der Waals surface area contributed by atoms with Crippen molar-refractivity contribution in [2.75, 3.05) is 11.9 Å². The van der Waals surface area contributed by atoms with Crippen molar-refractivity contribution in [2.45, 2.75) is 27.7 Å². The van der Waals surface area contributed by atoms with Gasteiger partial charge in [0.15, 0.2) is 0 Å². The Bertz CT molecular complexity index is 448. The van der Waals surface area contributed by atoms with Gasteiger partial charge in [-0.05, 0) is 19.8 Å². The number of aryl methyl sites for hydroxylation is 2. The Labute approximate surface area is 111 Å². The van der Waals surface area contributed by atoms with Crippen molar-refractivity contribution >= 4 is 17.7 Å². The number of carbonyl (C=O) groups is 2. The summed E-state index contributed by atoms with van der Waals surface area (Å²) >= 11 is 0. The SMILES string of the molecule is Cc1n[nH]c(C)c1NC(=O)NCC(C(=O)O)C(C)C. The number of carboxylic acid groups (broad SMARTS) is 1. The van der Waals surface area contributed by atoms with Crippen LogP contribution in [-0.2, 0) is 4.79 Å². The first kappa shape index (κ1) is 15.0. The van der Waals surface area contributed by atoms with Crippen molar-refractivity contribution in [3.05, 3.63) is 11.4 Å². The molecule has 1 atom stereocenters. The molecule has 1 aromatic heterocycles. The van der Waals surface area contributed by atoms with E-state index in [2.05, 4.69) is 20.8 Å². The molecule has 2 amide bonds. The number of urea groups is 1. The molecule has 0 spiro atoms. The lowest BCUT2D eigenvalue weighted by atomic mass is 9.96. The number of nitrogens with one attached hydrogen (secondary N) is 3. The summed E-state index contributed by atoms with van der Waals surface area (Å²) in [7, 11) is 0. The zero-order valence-electron chi connectivity index (χ0n) is 11.6. The lowest BCUT2D eigenvalue weighted by Gasteiger charge is -2.17. The van der Waals surface area contributed by atoms with E-state index in [1.807, 2.05) is 13.8 Å². The first-order valence-electron chi connectivity index (χ1n) is 6.12. The van der Waals surface area contributed by atoms with E-state index in [0.29, 0.717) is 11.4 Å². The smallest absolute Gasteiger partial charge is 0.319 e. The van der Waals surface area contributed by atoms with E-state index in [0.717, 1.165) is 5.69 Å². The number of carboxylic acids is 1. The van der Waals surface area contributed by atoms with Gasteiger partial charge in [-0.25, -0.2) is 4.79 Å². The van der Waals surface area contributed by atoms with E-state index in [4.69, 9.17) is 5.11 Å². The van der Waals surface area contributed by atoms with Crippen LogP contribution in [0.15, 0.2) is 0 Å². The molecule has 7 heteroatoms. The van der Waals surface area contributed by atoms with Crippen LogP contribution in [0.25, 0.3) is 0 Å². The average Bonchev–Trinajstić information content (AvgIpc) is 2.60. The summed E-state index contributed by atoms with van der Waals surface area (Å²) in [4.78, 5) is 22.7. The Morgan fingerprint density at radius 1 is 1.37 bits per heavy atom. The lowest BCUT2D eigenvalue weighted by Crippen LogP contribution is -2.37. The molecule has 0 bridgehead atoms. The minimum absolute atomic E-state index is 0.0461. The molecule has 0 aliphatic heterocycles. The van der Waals surface area contributed by atoms with Crippen LogP contribution in [0.5, 0.6) is 0 Å². The number of aromatic amines is 1. The number of nitrogens with zero attached hydrogens (tertiary/aromatic N) is 1. The third kappa shape index (κ3) is 3.97. The van der Waals surface area contributed by atoms with E-state index in [1.165, 1.54) is 0 Å². The van der Waals surface area contributed by atoms with Crippen molar-refractivity contribution in [3.63, 3.8) is 0 Å². The first-order chi connectivity index (χ1) is 8.82. The molecular formula is C12H20N4O3. The maximum absolute atomic E-state index is 11.7. The highest BCUT2D eigenvalue weighted by molar-refractivity contribution is 5.90. The van der Waals surface area contributed by atoms with Gasteiger partial charge in [0.25, 0.3) is 0 Å². The van der Waals surface area contributed by atoms with Crippen LogP contribution in [-0.4, -0.2) is 33.8 Å². The van der Waals surface area contributed by atoms with E-state index in [-0.39, 0.29) is 12.5 Å². The molecule has 19 heavy (non-hydrogen) atoms. The van der Waals surface area contributed by atoms with Crippen LogP contribution in [0.1, 0.15) is 25.2 Å². The highest BCUT2D eigenvalue weighted by Gasteiger charge is 2.22. The number of hydrogen-bond donors (Lipinski definition) is 4. The first-order valence-corrected chi connectivity index (χ1v) is 6.12. The number of aromatic nitrogens is 2. The molecule has 7 nitrogen and oxygen atoms in total. The van der Waals surface area contributed by atoms with Crippen molar-refractivity contribution in [1.82, 2.24) is 15.5 Å². The second-order valence-electron chi connectivity index (χ2n) is 4.83. The predicted molar refractivity (Wildman–Crippen MR) is 71.0 cm³/mol. The van der Waals surface area contributed by atoms with E-state index in [1.54, 1.807) is 13.8 Å². The van der Waals surface area contributed by atoms with Crippen LogP contribution in [0.3, 0.4) is 0 Å². The highest BCUT2D eigenvalue weighted by Crippen LogP contribution is 2.15. The fourth-order valence-corrected chi connectivity index (χ4v) is 1.70. The number of H-pyrrole nitrogens is 1. The molecule has 4 N–H and O–H groups in total. The summed E-state index contributed by atoms with van der Waals surface area (Å²) in [6.45, 7) is 7.28. The van der Waals surface area contributed by atoms with Gasteiger partial charge in [0, 0.05) is 6.54 Å². The van der Waals surface area contributed by atoms with Gasteiger partial charge < -0.3 is 15.7 Å². The molecule has 1 rings (SSSR count). The number of hydrogen-bond acceptors (Lipinski definition) is 3. The van der Waals surface area contributed by atoms with Crippen molar-refractivity contribution in [2.24, 2.45) is 11.8 Å². The molecule has 0 aromatic carbocycles. The summed E-state index contributed by atoms with van der Waals surface area (Å²) < 4.78 is 0. The second kappa shape index (κ2) is 6.21. The summed E-state index contributed by atoms with van der Waals surface area (Å²) in [5, 5.41) is 21.0. The standard InChI is InChI=1S/C12H20N4O3/c1-6(2)9(11(17)18)5-13-12(19)14-10-7(3)15-16-8(10)4/h6,9H,5H2,1-4H3,(H,15,16)(H,17,18)(H2,13,14,19). The molecule has 1 heterocycles. The largest absolute Gasteiger partial charge is 0.481 e. The maximum Gasteiger partial charge on any atom is 0.319 e. The highest BCUT2D eigenvalue weighted by atomic mass is 16.4. The third-order valence-electron chi connectivity index (χ3n) is 2.97. The van der Waals surface area contributed by atoms with E-state index >= 15 is 0 Å². The Kier molecular flexibility index (Phi) is 4.91. The van der Waals surface area contributed by atoms with Crippen LogP contribution >= 0.6 is 0 Å². The predicted octanol–water partition coefficient (Wildman–Crippen LogP) is 1.50. The van der Waals surface area contributed by atoms with Gasteiger partial charge in [0.05, 0.1) is 23.0 Å². The van der Waals surface area contributed by atoms with Gasteiger partial charge in [-0.2, -0.15) is 5.10 Å². The molecule has 0 aliphatic rings. The minimum atomic E-state index is -0.911. The molecule has 0 saturated carbocycles.